The van der Waals surface area contributed by atoms with E-state index in [1.165, 1.54) is 12.1 Å². The van der Waals surface area contributed by atoms with Crippen molar-refractivity contribution in [1.29, 1.82) is 5.26 Å². The predicted molar refractivity (Wildman–Crippen MR) is 71.7 cm³/mol. The fourth-order valence-electron chi connectivity index (χ4n) is 1.94. The molecule has 0 bridgehead atoms. The number of nitrogens with one attached hydrogen (secondary N) is 1. The first-order valence-electron chi connectivity index (χ1n) is 5.74. The number of H-pyrrole nitrogens is 1. The summed E-state index contributed by atoms with van der Waals surface area (Å²) in [5, 5.41) is 27.2. The highest BCUT2D eigenvalue weighted by Gasteiger charge is 2.19. The van der Waals surface area contributed by atoms with Gasteiger partial charge in [-0.3, -0.25) is 4.79 Å². The second-order valence-corrected chi connectivity index (χ2v) is 4.29. The van der Waals surface area contributed by atoms with Gasteiger partial charge in [-0.25, -0.2) is 4.39 Å². The molecule has 100 valence electrons. The molecule has 1 heterocycles. The molecule has 0 aliphatic carbocycles. The monoisotopic (exact) mass is 272 g/mol. The zero-order valence-electron chi connectivity index (χ0n) is 10.5. The number of benzene rings is 1. The van der Waals surface area contributed by atoms with Crippen LogP contribution in [0.5, 0.6) is 0 Å². The van der Waals surface area contributed by atoms with Crippen LogP contribution in [0, 0.1) is 24.1 Å². The van der Waals surface area contributed by atoms with Crippen LogP contribution >= 0.6 is 0 Å². The number of pyridine rings is 1. The molecule has 0 unspecified atom stereocenters. The van der Waals surface area contributed by atoms with E-state index in [-0.39, 0.29) is 11.0 Å². The Bertz CT molecular complexity index is 765. The van der Waals surface area contributed by atoms with Crippen molar-refractivity contribution in [3.8, 4) is 17.2 Å². The molecule has 7 heteroatoms. The van der Waals surface area contributed by atoms with Crippen LogP contribution in [0.15, 0.2) is 29.1 Å². The summed E-state index contributed by atoms with van der Waals surface area (Å²) in [4.78, 5) is 14.2. The molecule has 0 radical (unpaired) electrons. The largest absolute Gasteiger partial charge is 0.491 e. The molecule has 0 aliphatic heterocycles. The van der Waals surface area contributed by atoms with E-state index >= 15 is 0 Å². The van der Waals surface area contributed by atoms with E-state index in [1.807, 2.05) is 0 Å². The summed E-state index contributed by atoms with van der Waals surface area (Å²) < 4.78 is 13.4. The molecule has 0 spiro atoms. The van der Waals surface area contributed by atoms with Gasteiger partial charge in [0.2, 0.25) is 0 Å². The molecule has 0 atom stereocenters. The fraction of sp³-hybridized carbons (Fsp3) is 0.0769. The summed E-state index contributed by atoms with van der Waals surface area (Å²) in [7, 11) is -1.97. The number of aromatic amines is 1. The molecule has 0 saturated heterocycles. The summed E-state index contributed by atoms with van der Waals surface area (Å²) in [6.45, 7) is 1.65. The second kappa shape index (κ2) is 5.29. The number of aryl methyl sites for hydroxylation is 1. The normalized spacial score (nSPS) is 10.2. The summed E-state index contributed by atoms with van der Waals surface area (Å²) in [6.07, 6.45) is 0. The van der Waals surface area contributed by atoms with E-state index in [9.17, 15) is 9.18 Å². The van der Waals surface area contributed by atoms with Crippen molar-refractivity contribution in [3.05, 3.63) is 51.7 Å². The van der Waals surface area contributed by atoms with Crippen LogP contribution in [0.3, 0.4) is 0 Å². The number of rotatable bonds is 2. The van der Waals surface area contributed by atoms with Crippen LogP contribution in [0.1, 0.15) is 11.3 Å². The third-order valence-electron chi connectivity index (χ3n) is 2.86. The number of halogens is 1. The first-order valence-corrected chi connectivity index (χ1v) is 5.74. The fourth-order valence-corrected chi connectivity index (χ4v) is 1.94. The molecular formula is C13H10BFN2O3. The van der Waals surface area contributed by atoms with Crippen LogP contribution < -0.4 is 11.0 Å². The second-order valence-electron chi connectivity index (χ2n) is 4.29. The summed E-state index contributed by atoms with van der Waals surface area (Å²) in [5.74, 6) is -0.774. The van der Waals surface area contributed by atoms with Crippen molar-refractivity contribution < 1.29 is 14.4 Å². The van der Waals surface area contributed by atoms with E-state index in [4.69, 9.17) is 15.3 Å². The average Bonchev–Trinajstić information content (AvgIpc) is 2.38. The van der Waals surface area contributed by atoms with Crippen LogP contribution in [-0.4, -0.2) is 22.2 Å². The molecule has 0 amide bonds. The van der Waals surface area contributed by atoms with Gasteiger partial charge in [0.1, 0.15) is 17.4 Å². The molecule has 0 aliphatic rings. The molecule has 20 heavy (non-hydrogen) atoms. The minimum absolute atomic E-state index is 0.111. The highest BCUT2D eigenvalue weighted by atomic mass is 19.1. The van der Waals surface area contributed by atoms with Gasteiger partial charge >= 0.3 is 7.12 Å². The van der Waals surface area contributed by atoms with Crippen molar-refractivity contribution in [2.45, 2.75) is 6.92 Å². The van der Waals surface area contributed by atoms with Gasteiger partial charge in [0.25, 0.3) is 5.56 Å². The lowest BCUT2D eigenvalue weighted by Crippen LogP contribution is -2.32. The van der Waals surface area contributed by atoms with Crippen molar-refractivity contribution >= 4 is 12.6 Å². The van der Waals surface area contributed by atoms with Gasteiger partial charge in [-0.05, 0) is 24.6 Å². The SMILES string of the molecule is Cc1cc(-c2ccc(F)c(B(O)O)c2)c(C#N)c(=O)[nH]1. The van der Waals surface area contributed by atoms with E-state index < -0.39 is 18.5 Å². The summed E-state index contributed by atoms with van der Waals surface area (Å²) in [5.41, 5.74) is 0.248. The minimum atomic E-state index is -1.97. The van der Waals surface area contributed by atoms with E-state index in [1.54, 1.807) is 19.1 Å². The Morgan fingerprint density at radius 1 is 1.35 bits per heavy atom. The Morgan fingerprint density at radius 2 is 2.05 bits per heavy atom. The predicted octanol–water partition coefficient (Wildman–Crippen LogP) is 0.0409. The maximum absolute atomic E-state index is 13.4. The molecular weight excluding hydrogens is 262 g/mol. The average molecular weight is 272 g/mol. The lowest BCUT2D eigenvalue weighted by molar-refractivity contribution is 0.423. The first kappa shape index (κ1) is 14.0. The Morgan fingerprint density at radius 3 is 2.65 bits per heavy atom. The number of aromatic nitrogens is 1. The van der Waals surface area contributed by atoms with E-state index in [0.29, 0.717) is 16.8 Å². The lowest BCUT2D eigenvalue weighted by atomic mass is 9.78. The maximum atomic E-state index is 13.4. The quantitative estimate of drug-likeness (QED) is 0.672. The lowest BCUT2D eigenvalue weighted by Gasteiger charge is -2.08. The number of hydrogen-bond acceptors (Lipinski definition) is 4. The standard InChI is InChI=1S/C13H10BFN2O3/c1-7-4-9(10(6-16)13(18)17-7)8-2-3-12(15)11(5-8)14(19)20/h2-5,19-20H,1H3,(H,17,18). The molecule has 2 aromatic rings. The van der Waals surface area contributed by atoms with Crippen molar-refractivity contribution in [2.75, 3.05) is 0 Å². The Kier molecular flexibility index (Phi) is 3.70. The minimum Gasteiger partial charge on any atom is -0.423 e. The first-order chi connectivity index (χ1) is 9.43. The molecule has 0 saturated carbocycles. The smallest absolute Gasteiger partial charge is 0.423 e. The Labute approximate surface area is 114 Å². The van der Waals surface area contributed by atoms with Gasteiger partial charge in [0, 0.05) is 16.7 Å². The van der Waals surface area contributed by atoms with Gasteiger partial charge < -0.3 is 15.0 Å². The van der Waals surface area contributed by atoms with Crippen molar-refractivity contribution in [3.63, 3.8) is 0 Å². The number of nitrogens with zero attached hydrogens (tertiary/aromatic N) is 1. The highest BCUT2D eigenvalue weighted by molar-refractivity contribution is 6.58. The zero-order chi connectivity index (χ0) is 14.9. The molecule has 2 rings (SSSR count). The van der Waals surface area contributed by atoms with Gasteiger partial charge in [0.15, 0.2) is 0 Å². The number of nitriles is 1. The van der Waals surface area contributed by atoms with Crippen LogP contribution in [0.25, 0.3) is 11.1 Å². The highest BCUT2D eigenvalue weighted by Crippen LogP contribution is 2.21. The third kappa shape index (κ3) is 2.47. The molecule has 0 fully saturated rings. The van der Waals surface area contributed by atoms with E-state index in [0.717, 1.165) is 6.07 Å². The zero-order valence-corrected chi connectivity index (χ0v) is 10.5. The maximum Gasteiger partial charge on any atom is 0.491 e. The topological polar surface area (TPSA) is 97.1 Å². The molecule has 1 aromatic heterocycles. The van der Waals surface area contributed by atoms with Gasteiger partial charge in [-0.15, -0.1) is 0 Å². The molecule has 1 aromatic carbocycles. The summed E-state index contributed by atoms with van der Waals surface area (Å²) in [6, 6.07) is 6.99. The summed E-state index contributed by atoms with van der Waals surface area (Å²) >= 11 is 0. The Hall–Kier alpha value is -2.43. The van der Waals surface area contributed by atoms with Crippen LogP contribution in [0.2, 0.25) is 0 Å². The van der Waals surface area contributed by atoms with Gasteiger partial charge in [-0.1, -0.05) is 12.1 Å². The van der Waals surface area contributed by atoms with Crippen molar-refractivity contribution in [2.24, 2.45) is 0 Å². The molecule has 3 N–H and O–H groups in total. The van der Waals surface area contributed by atoms with Crippen LogP contribution in [0.4, 0.5) is 4.39 Å². The number of hydrogen-bond donors (Lipinski definition) is 3. The van der Waals surface area contributed by atoms with Gasteiger partial charge in [0.05, 0.1) is 0 Å². The third-order valence-corrected chi connectivity index (χ3v) is 2.86. The Balaban J connectivity index is 2.73. The van der Waals surface area contributed by atoms with Gasteiger partial charge in [-0.2, -0.15) is 5.26 Å². The van der Waals surface area contributed by atoms with E-state index in [2.05, 4.69) is 4.98 Å². The van der Waals surface area contributed by atoms with Crippen LogP contribution in [-0.2, 0) is 0 Å². The molecule has 5 nitrogen and oxygen atoms in total. The van der Waals surface area contributed by atoms with Crippen molar-refractivity contribution in [1.82, 2.24) is 4.98 Å².